The molecule has 1 aromatic carbocycles. The molecule has 0 bridgehead atoms. The zero-order valence-electron chi connectivity index (χ0n) is 10.4. The molecule has 0 aliphatic carbocycles. The smallest absolute Gasteiger partial charge is 0.123 e. The Kier molecular flexibility index (Phi) is 5.31. The topological polar surface area (TPSA) is 12.4 Å². The van der Waals surface area contributed by atoms with Gasteiger partial charge in [-0.2, -0.15) is 0 Å². The van der Waals surface area contributed by atoms with Gasteiger partial charge in [-0.3, -0.25) is 4.99 Å². The Morgan fingerprint density at radius 2 is 2.12 bits per heavy atom. The molecule has 3 heteroatoms. The standard InChI is InChI=1S/C14H17FIN/c1-4-5-8-17-10-11-6-7-12(15)9-13(11)14(2,3)16/h4-9H,10H2,1-3H3/b5-4-,17-8?. The van der Waals surface area contributed by atoms with Crippen LogP contribution in [0.25, 0.3) is 0 Å². The van der Waals surface area contributed by atoms with E-state index in [1.165, 1.54) is 6.07 Å². The Morgan fingerprint density at radius 1 is 1.41 bits per heavy atom. The molecule has 0 atom stereocenters. The second-order valence-electron chi connectivity index (χ2n) is 4.29. The lowest BCUT2D eigenvalue weighted by atomic mass is 9.97. The Hall–Kier alpha value is -0.710. The molecule has 0 heterocycles. The maximum Gasteiger partial charge on any atom is 0.123 e. The average molecular weight is 345 g/mol. The predicted octanol–water partition coefficient (Wildman–Crippen LogP) is 4.64. The van der Waals surface area contributed by atoms with E-state index in [1.54, 1.807) is 12.3 Å². The number of nitrogens with zero attached hydrogens (tertiary/aromatic N) is 1. The number of halogens is 2. The number of benzene rings is 1. The molecule has 0 saturated carbocycles. The molecular formula is C14H17FIN. The van der Waals surface area contributed by atoms with Crippen LogP contribution in [-0.2, 0) is 9.97 Å². The first kappa shape index (κ1) is 14.4. The number of hydrogen-bond acceptors (Lipinski definition) is 1. The second kappa shape index (κ2) is 6.28. The molecule has 0 aliphatic rings. The van der Waals surface area contributed by atoms with Crippen molar-refractivity contribution in [2.45, 2.75) is 30.7 Å². The predicted molar refractivity (Wildman–Crippen MR) is 80.5 cm³/mol. The van der Waals surface area contributed by atoms with E-state index in [1.807, 2.05) is 25.1 Å². The SMILES string of the molecule is C/C=C\C=NCc1ccc(F)cc1C(C)(C)I. The zero-order valence-corrected chi connectivity index (χ0v) is 12.5. The summed E-state index contributed by atoms with van der Waals surface area (Å²) >= 11 is 2.32. The molecule has 1 rings (SSSR count). The number of alkyl halides is 1. The monoisotopic (exact) mass is 345 g/mol. The summed E-state index contributed by atoms with van der Waals surface area (Å²) in [6.45, 7) is 6.68. The van der Waals surface area contributed by atoms with Gasteiger partial charge in [0.15, 0.2) is 0 Å². The molecule has 1 nitrogen and oxygen atoms in total. The fraction of sp³-hybridized carbons (Fsp3) is 0.357. The van der Waals surface area contributed by atoms with Gasteiger partial charge in [-0.1, -0.05) is 34.7 Å². The van der Waals surface area contributed by atoms with Gasteiger partial charge in [0.1, 0.15) is 5.82 Å². The number of hydrogen-bond donors (Lipinski definition) is 0. The van der Waals surface area contributed by atoms with E-state index >= 15 is 0 Å². The summed E-state index contributed by atoms with van der Waals surface area (Å²) in [5, 5.41) is 0. The van der Waals surface area contributed by atoms with E-state index in [0.29, 0.717) is 6.54 Å². The third-order valence-electron chi connectivity index (χ3n) is 2.36. The van der Waals surface area contributed by atoms with Crippen LogP contribution in [0.5, 0.6) is 0 Å². The van der Waals surface area contributed by atoms with E-state index in [9.17, 15) is 4.39 Å². The first-order valence-corrected chi connectivity index (χ1v) is 6.62. The summed E-state index contributed by atoms with van der Waals surface area (Å²) in [6.07, 6.45) is 5.59. The lowest BCUT2D eigenvalue weighted by Crippen LogP contribution is -2.10. The number of aliphatic imine (C=N–C) groups is 1. The second-order valence-corrected chi connectivity index (χ2v) is 6.99. The van der Waals surface area contributed by atoms with Crippen LogP contribution in [0.3, 0.4) is 0 Å². The number of allylic oxidation sites excluding steroid dienone is 2. The summed E-state index contributed by atoms with van der Waals surface area (Å²) in [6, 6.07) is 4.91. The molecule has 92 valence electrons. The molecule has 17 heavy (non-hydrogen) atoms. The first-order chi connectivity index (χ1) is 7.95. The Balaban J connectivity index is 2.99. The van der Waals surface area contributed by atoms with Gasteiger partial charge in [-0.25, -0.2) is 4.39 Å². The molecule has 0 aromatic heterocycles. The van der Waals surface area contributed by atoms with Crippen molar-refractivity contribution in [2.24, 2.45) is 4.99 Å². The maximum absolute atomic E-state index is 13.3. The quantitative estimate of drug-likeness (QED) is 0.428. The van der Waals surface area contributed by atoms with Crippen LogP contribution in [0.15, 0.2) is 35.3 Å². The summed E-state index contributed by atoms with van der Waals surface area (Å²) in [7, 11) is 0. The maximum atomic E-state index is 13.3. The van der Waals surface area contributed by atoms with Crippen molar-refractivity contribution < 1.29 is 4.39 Å². The van der Waals surface area contributed by atoms with Crippen LogP contribution < -0.4 is 0 Å². The van der Waals surface area contributed by atoms with Crippen LogP contribution in [0.4, 0.5) is 4.39 Å². The van der Waals surface area contributed by atoms with Gasteiger partial charge in [-0.05, 0) is 50.1 Å². The Bertz CT molecular complexity index is 430. The van der Waals surface area contributed by atoms with Crippen molar-refractivity contribution in [3.8, 4) is 0 Å². The molecular weight excluding hydrogens is 328 g/mol. The zero-order chi connectivity index (χ0) is 12.9. The van der Waals surface area contributed by atoms with E-state index in [4.69, 9.17) is 0 Å². The van der Waals surface area contributed by atoms with Gasteiger partial charge < -0.3 is 0 Å². The van der Waals surface area contributed by atoms with Gasteiger partial charge in [0.25, 0.3) is 0 Å². The van der Waals surface area contributed by atoms with Crippen molar-refractivity contribution in [2.75, 3.05) is 0 Å². The summed E-state index contributed by atoms with van der Waals surface area (Å²) < 4.78 is 13.2. The van der Waals surface area contributed by atoms with Crippen LogP contribution >= 0.6 is 22.6 Å². The fourth-order valence-electron chi connectivity index (χ4n) is 1.54. The third-order valence-corrected chi connectivity index (χ3v) is 2.94. The van der Waals surface area contributed by atoms with Crippen molar-refractivity contribution in [3.05, 3.63) is 47.3 Å². The molecule has 0 N–H and O–H groups in total. The normalized spacial score (nSPS) is 12.8. The van der Waals surface area contributed by atoms with Gasteiger partial charge in [-0.15, -0.1) is 0 Å². The molecule has 0 spiro atoms. The minimum absolute atomic E-state index is 0.0920. The van der Waals surface area contributed by atoms with Gasteiger partial charge in [0, 0.05) is 9.64 Å². The van der Waals surface area contributed by atoms with E-state index in [2.05, 4.69) is 41.4 Å². The highest BCUT2D eigenvalue weighted by Gasteiger charge is 2.20. The number of rotatable bonds is 4. The molecule has 0 fully saturated rings. The summed E-state index contributed by atoms with van der Waals surface area (Å²) in [5.41, 5.74) is 2.09. The average Bonchev–Trinajstić information content (AvgIpc) is 2.25. The van der Waals surface area contributed by atoms with Gasteiger partial charge in [0.05, 0.1) is 6.54 Å². The lowest BCUT2D eigenvalue weighted by molar-refractivity contribution is 0.620. The highest BCUT2D eigenvalue weighted by Crippen LogP contribution is 2.33. The largest absolute Gasteiger partial charge is 0.288 e. The highest BCUT2D eigenvalue weighted by molar-refractivity contribution is 14.1. The van der Waals surface area contributed by atoms with Gasteiger partial charge in [0.2, 0.25) is 0 Å². The molecule has 0 radical (unpaired) electrons. The van der Waals surface area contributed by atoms with E-state index < -0.39 is 0 Å². The van der Waals surface area contributed by atoms with Crippen LogP contribution in [-0.4, -0.2) is 6.21 Å². The minimum Gasteiger partial charge on any atom is -0.288 e. The van der Waals surface area contributed by atoms with Crippen LogP contribution in [0.1, 0.15) is 31.9 Å². The summed E-state index contributed by atoms with van der Waals surface area (Å²) in [4.78, 5) is 4.30. The molecule has 0 unspecified atom stereocenters. The van der Waals surface area contributed by atoms with Crippen LogP contribution in [0, 0.1) is 5.82 Å². The van der Waals surface area contributed by atoms with E-state index in [0.717, 1.165) is 11.1 Å². The highest BCUT2D eigenvalue weighted by atomic mass is 127. The van der Waals surface area contributed by atoms with Crippen LogP contribution in [0.2, 0.25) is 0 Å². The van der Waals surface area contributed by atoms with E-state index in [-0.39, 0.29) is 9.24 Å². The fourth-order valence-corrected chi connectivity index (χ4v) is 2.04. The van der Waals surface area contributed by atoms with Gasteiger partial charge >= 0.3 is 0 Å². The molecule has 0 saturated heterocycles. The summed E-state index contributed by atoms with van der Waals surface area (Å²) in [5.74, 6) is -0.189. The third kappa shape index (κ3) is 4.58. The Labute approximate surface area is 116 Å². The van der Waals surface area contributed by atoms with Crippen molar-refractivity contribution >= 4 is 28.8 Å². The molecule has 0 amide bonds. The molecule has 0 aliphatic heterocycles. The van der Waals surface area contributed by atoms with Crippen molar-refractivity contribution in [1.82, 2.24) is 0 Å². The first-order valence-electron chi connectivity index (χ1n) is 5.54. The van der Waals surface area contributed by atoms with Crippen molar-refractivity contribution in [1.29, 1.82) is 0 Å². The lowest BCUT2D eigenvalue weighted by Gasteiger charge is -2.20. The molecule has 1 aromatic rings. The van der Waals surface area contributed by atoms with Crippen molar-refractivity contribution in [3.63, 3.8) is 0 Å². The minimum atomic E-state index is -0.189. The Morgan fingerprint density at radius 3 is 2.71 bits per heavy atom.